The highest BCUT2D eigenvalue weighted by atomic mass is 31.2. The standard InChI is InChI=1S/C79H141N2O6P/c1-6-8-10-12-14-16-18-20-22-24-26-28-30-32-34-35-36-37-38-39-40-41-42-43-44-45-47-49-51-53-55-57-59-61-63-65-67-69-71-73-79(83)80-77(76-87-88(84,85)86-75-74-81(3,4)5)78(82)72-70-68-66-64-62-60-58-56-54-52-50-48-46-33-31-29-27-25-23-21-19-17-15-13-11-9-7-2/h8,10,14,16,20,22,26,28,32,34,36-37,39-40,42-43,45,47,70,72,77-78,82H,6-7,9,11-13,15,17-19,21,23-25,27,29-31,33,35,38,41,44,46,48-69,71,73-76H2,1-5H3,(H-,80,83,84,85)/p+1/b10-8-,16-14-,22-20-,28-26-,34-32-,37-36-,40-39-,43-42-,47-45-,72-70+. The Morgan fingerprint density at radius 3 is 1.00 bits per heavy atom. The van der Waals surface area contributed by atoms with Gasteiger partial charge in [-0.15, -0.1) is 0 Å². The molecule has 1 amide bonds. The minimum atomic E-state index is -4.36. The number of quaternary nitrogens is 1. The smallest absolute Gasteiger partial charge is 0.387 e. The van der Waals surface area contributed by atoms with Crippen molar-refractivity contribution in [3.8, 4) is 0 Å². The third-order valence-corrected chi connectivity index (χ3v) is 17.2. The molecule has 0 aromatic rings. The average Bonchev–Trinajstić information content (AvgIpc) is 3.70. The summed E-state index contributed by atoms with van der Waals surface area (Å²) in [5, 5.41) is 14.0. The lowest BCUT2D eigenvalue weighted by Crippen LogP contribution is -2.45. The molecule has 3 N–H and O–H groups in total. The summed E-state index contributed by atoms with van der Waals surface area (Å²) < 4.78 is 23.8. The molecule has 0 aromatic carbocycles. The summed E-state index contributed by atoms with van der Waals surface area (Å²) in [6.07, 6.45) is 102. The third kappa shape index (κ3) is 70.4. The first-order chi connectivity index (χ1) is 43.0. The second-order valence-electron chi connectivity index (χ2n) is 25.9. The number of hydrogen-bond acceptors (Lipinski definition) is 5. The normalized spacial score (nSPS) is 14.3. The van der Waals surface area contributed by atoms with Crippen LogP contribution in [-0.2, 0) is 18.4 Å². The molecular weight excluding hydrogens is 1100 g/mol. The Morgan fingerprint density at radius 1 is 0.398 bits per heavy atom. The van der Waals surface area contributed by atoms with Crippen molar-refractivity contribution in [2.45, 2.75) is 334 Å². The number of phosphoric ester groups is 1. The van der Waals surface area contributed by atoms with Crippen molar-refractivity contribution in [1.82, 2.24) is 5.32 Å². The molecule has 0 aliphatic carbocycles. The van der Waals surface area contributed by atoms with Crippen LogP contribution in [0.25, 0.3) is 0 Å². The number of likely N-dealkylation sites (N-methyl/N-ethyl adjacent to an activating group) is 1. The van der Waals surface area contributed by atoms with E-state index >= 15 is 0 Å². The van der Waals surface area contributed by atoms with Gasteiger partial charge in [-0.2, -0.15) is 0 Å². The molecule has 0 saturated carbocycles. The molecule has 88 heavy (non-hydrogen) atoms. The number of nitrogens with zero attached hydrogens (tertiary/aromatic N) is 1. The Morgan fingerprint density at radius 2 is 0.682 bits per heavy atom. The quantitative estimate of drug-likeness (QED) is 0.0243. The van der Waals surface area contributed by atoms with Crippen molar-refractivity contribution in [2.75, 3.05) is 40.9 Å². The van der Waals surface area contributed by atoms with Crippen molar-refractivity contribution in [2.24, 2.45) is 0 Å². The SMILES string of the molecule is CC/C=C\C/C=C\C/C=C\C/C=C\C/C=C\C/C=C\C/C=C\C/C=C\C/C=C\CCCCCCCCCCCCCC(=O)NC(COP(=O)(O)OCC[N+](C)(C)C)C(O)/C=C/CCCCCCCCCCCCCCCCCCCCCCCCCCC. The number of aliphatic hydroxyl groups is 1. The summed E-state index contributed by atoms with van der Waals surface area (Å²) >= 11 is 0. The van der Waals surface area contributed by atoms with E-state index in [1.54, 1.807) is 6.08 Å². The lowest BCUT2D eigenvalue weighted by Gasteiger charge is -2.25. The Balaban J connectivity index is 4.09. The van der Waals surface area contributed by atoms with Crippen LogP contribution in [-0.4, -0.2) is 73.4 Å². The summed E-state index contributed by atoms with van der Waals surface area (Å²) in [7, 11) is 1.57. The zero-order valence-electron chi connectivity index (χ0n) is 58.2. The lowest BCUT2D eigenvalue weighted by molar-refractivity contribution is -0.870. The average molecular weight is 1250 g/mol. The van der Waals surface area contributed by atoms with Crippen LogP contribution in [0.15, 0.2) is 122 Å². The number of carbonyl (C=O) groups excluding carboxylic acids is 1. The van der Waals surface area contributed by atoms with Crippen molar-refractivity contribution in [3.05, 3.63) is 122 Å². The maximum Gasteiger partial charge on any atom is 0.472 e. The molecule has 0 bridgehead atoms. The summed E-state index contributed by atoms with van der Waals surface area (Å²) in [4.78, 5) is 23.5. The van der Waals surface area contributed by atoms with Gasteiger partial charge in [-0.05, 0) is 89.9 Å². The van der Waals surface area contributed by atoms with Crippen LogP contribution in [0, 0.1) is 0 Å². The molecule has 3 unspecified atom stereocenters. The van der Waals surface area contributed by atoms with Crippen LogP contribution in [0.4, 0.5) is 0 Å². The van der Waals surface area contributed by atoms with Crippen LogP contribution in [0.3, 0.4) is 0 Å². The van der Waals surface area contributed by atoms with Gasteiger partial charge >= 0.3 is 7.82 Å². The Bertz CT molecular complexity index is 1850. The van der Waals surface area contributed by atoms with E-state index in [-0.39, 0.29) is 19.1 Å². The van der Waals surface area contributed by atoms with Crippen LogP contribution in [0.5, 0.6) is 0 Å². The van der Waals surface area contributed by atoms with E-state index in [0.29, 0.717) is 17.4 Å². The van der Waals surface area contributed by atoms with Gasteiger partial charge in [0.15, 0.2) is 0 Å². The molecule has 0 fully saturated rings. The highest BCUT2D eigenvalue weighted by Crippen LogP contribution is 2.43. The maximum atomic E-state index is 13.1. The van der Waals surface area contributed by atoms with Crippen molar-refractivity contribution in [3.63, 3.8) is 0 Å². The molecule has 9 heteroatoms. The summed E-state index contributed by atoms with van der Waals surface area (Å²) in [6, 6.07) is -0.858. The second-order valence-corrected chi connectivity index (χ2v) is 27.4. The molecule has 508 valence electrons. The Hall–Kier alpha value is -3.10. The first-order valence-electron chi connectivity index (χ1n) is 36.9. The lowest BCUT2D eigenvalue weighted by atomic mass is 10.0. The first kappa shape index (κ1) is 84.9. The monoisotopic (exact) mass is 1250 g/mol. The Kier molecular flexibility index (Phi) is 65.9. The van der Waals surface area contributed by atoms with Gasteiger partial charge in [-0.3, -0.25) is 13.8 Å². The maximum absolute atomic E-state index is 13.1. The van der Waals surface area contributed by atoms with Crippen molar-refractivity contribution in [1.29, 1.82) is 0 Å². The zero-order chi connectivity index (χ0) is 64.1. The van der Waals surface area contributed by atoms with Crippen molar-refractivity contribution >= 4 is 13.7 Å². The predicted molar refractivity (Wildman–Crippen MR) is 387 cm³/mol. The van der Waals surface area contributed by atoms with Crippen LogP contribution in [0.2, 0.25) is 0 Å². The second kappa shape index (κ2) is 68.3. The van der Waals surface area contributed by atoms with Gasteiger partial charge in [0.2, 0.25) is 5.91 Å². The molecule has 0 radical (unpaired) electrons. The van der Waals surface area contributed by atoms with Crippen LogP contribution in [0.1, 0.15) is 322 Å². The minimum Gasteiger partial charge on any atom is -0.387 e. The van der Waals surface area contributed by atoms with Gasteiger partial charge in [0.05, 0.1) is 39.9 Å². The van der Waals surface area contributed by atoms with E-state index in [1.165, 1.54) is 205 Å². The summed E-state index contributed by atoms with van der Waals surface area (Å²) in [6.45, 7) is 4.73. The topological polar surface area (TPSA) is 105 Å². The van der Waals surface area contributed by atoms with E-state index in [1.807, 2.05) is 27.2 Å². The van der Waals surface area contributed by atoms with Crippen LogP contribution >= 0.6 is 7.82 Å². The highest BCUT2D eigenvalue weighted by Gasteiger charge is 2.28. The number of hydrogen-bond donors (Lipinski definition) is 3. The first-order valence-corrected chi connectivity index (χ1v) is 38.4. The molecule has 0 aliphatic rings. The molecule has 0 heterocycles. The van der Waals surface area contributed by atoms with E-state index in [0.717, 1.165) is 96.3 Å². The highest BCUT2D eigenvalue weighted by molar-refractivity contribution is 7.47. The third-order valence-electron chi connectivity index (χ3n) is 16.2. The van der Waals surface area contributed by atoms with E-state index < -0.39 is 20.0 Å². The molecule has 0 spiro atoms. The number of unbranched alkanes of at least 4 members (excludes halogenated alkanes) is 36. The molecule has 0 aromatic heterocycles. The number of phosphoric acid groups is 1. The van der Waals surface area contributed by atoms with Gasteiger partial charge < -0.3 is 19.8 Å². The molecule has 3 atom stereocenters. The molecule has 0 saturated heterocycles. The van der Waals surface area contributed by atoms with Crippen molar-refractivity contribution < 1.29 is 32.9 Å². The van der Waals surface area contributed by atoms with Gasteiger partial charge in [-0.25, -0.2) is 4.57 Å². The van der Waals surface area contributed by atoms with E-state index in [9.17, 15) is 19.4 Å². The molecule has 0 rings (SSSR count). The van der Waals surface area contributed by atoms with Gasteiger partial charge in [0.1, 0.15) is 13.2 Å². The van der Waals surface area contributed by atoms with E-state index in [4.69, 9.17) is 9.05 Å². The predicted octanol–water partition coefficient (Wildman–Crippen LogP) is 24.0. The molecular formula is C79H142N2O6P+. The Labute approximate surface area is 545 Å². The van der Waals surface area contributed by atoms with Crippen LogP contribution < -0.4 is 5.32 Å². The van der Waals surface area contributed by atoms with Gasteiger partial charge in [0.25, 0.3) is 0 Å². The van der Waals surface area contributed by atoms with Gasteiger partial charge in [0, 0.05) is 6.42 Å². The largest absolute Gasteiger partial charge is 0.472 e. The fourth-order valence-corrected chi connectivity index (χ4v) is 11.2. The summed E-state index contributed by atoms with van der Waals surface area (Å²) in [5.41, 5.74) is 0. The number of rotatable bonds is 67. The van der Waals surface area contributed by atoms with Gasteiger partial charge in [-0.1, -0.05) is 347 Å². The molecule has 8 nitrogen and oxygen atoms in total. The fraction of sp³-hybridized carbons (Fsp3) is 0.734. The minimum absolute atomic E-state index is 0.0567. The number of nitrogens with one attached hydrogen (secondary N) is 1. The molecule has 0 aliphatic heterocycles. The number of aliphatic hydroxyl groups excluding tert-OH is 1. The summed E-state index contributed by atoms with van der Waals surface area (Å²) in [5.74, 6) is -0.181. The zero-order valence-corrected chi connectivity index (χ0v) is 59.1. The van der Waals surface area contributed by atoms with E-state index in [2.05, 4.69) is 129 Å². The number of amides is 1. The number of carbonyl (C=O) groups is 1. The fourth-order valence-electron chi connectivity index (χ4n) is 10.5. The number of allylic oxidation sites excluding steroid dienone is 19.